The molecule has 0 aliphatic heterocycles. The van der Waals surface area contributed by atoms with Crippen molar-refractivity contribution in [1.29, 1.82) is 10.7 Å². The van der Waals surface area contributed by atoms with Crippen LogP contribution in [0.15, 0.2) is 66.4 Å². The third-order valence-corrected chi connectivity index (χ3v) is 6.38. The van der Waals surface area contributed by atoms with Gasteiger partial charge in [-0.25, -0.2) is 4.39 Å². The van der Waals surface area contributed by atoms with Crippen molar-refractivity contribution in [3.05, 3.63) is 89.1 Å². The number of hydrogen-bond donors (Lipinski definition) is 1. The van der Waals surface area contributed by atoms with Crippen molar-refractivity contribution in [2.24, 2.45) is 7.05 Å². The molecule has 5 nitrogen and oxygen atoms in total. The Morgan fingerprint density at radius 1 is 1.26 bits per heavy atom. The van der Waals surface area contributed by atoms with Crippen LogP contribution < -0.4 is 4.90 Å². The van der Waals surface area contributed by atoms with Crippen LogP contribution in [0.25, 0.3) is 0 Å². The first kappa shape index (κ1) is 25.2. The van der Waals surface area contributed by atoms with Gasteiger partial charge in [-0.1, -0.05) is 48.1 Å². The fraction of sp³-hybridized carbons (Fsp3) is 0.357. The highest BCUT2D eigenvalue weighted by Gasteiger charge is 2.41. The molecule has 0 fully saturated rings. The highest BCUT2D eigenvalue weighted by molar-refractivity contribution is 5.97. The molecule has 0 saturated heterocycles. The fourth-order valence-corrected chi connectivity index (χ4v) is 4.60. The summed E-state index contributed by atoms with van der Waals surface area (Å²) in [6, 6.07) is 8.69. The molecule has 0 bridgehead atoms. The first-order valence-corrected chi connectivity index (χ1v) is 11.5. The Balaban J connectivity index is 1.73. The number of benzene rings is 1. The van der Waals surface area contributed by atoms with Gasteiger partial charge in [-0.15, -0.1) is 0 Å². The number of rotatable bonds is 11. The molecule has 1 heterocycles. The van der Waals surface area contributed by atoms with Gasteiger partial charge in [0.25, 0.3) is 0 Å². The van der Waals surface area contributed by atoms with Crippen molar-refractivity contribution < 1.29 is 4.39 Å². The zero-order chi connectivity index (χ0) is 25.0. The van der Waals surface area contributed by atoms with Gasteiger partial charge in [0.2, 0.25) is 0 Å². The Bertz CT molecular complexity index is 1160. The molecule has 0 saturated carbocycles. The van der Waals surface area contributed by atoms with Crippen molar-refractivity contribution >= 4 is 11.4 Å². The molecule has 34 heavy (non-hydrogen) atoms. The van der Waals surface area contributed by atoms with Crippen LogP contribution in [0.3, 0.4) is 0 Å². The van der Waals surface area contributed by atoms with Gasteiger partial charge in [0.1, 0.15) is 17.6 Å². The highest BCUT2D eigenvalue weighted by atomic mass is 19.1. The highest BCUT2D eigenvalue weighted by Crippen LogP contribution is 2.52. The Labute approximate surface area is 202 Å². The Morgan fingerprint density at radius 2 is 1.94 bits per heavy atom. The van der Waals surface area contributed by atoms with Gasteiger partial charge in [-0.05, 0) is 38.6 Å². The van der Waals surface area contributed by atoms with E-state index in [1.165, 1.54) is 23.4 Å². The fourth-order valence-electron chi connectivity index (χ4n) is 4.60. The summed E-state index contributed by atoms with van der Waals surface area (Å²) in [5, 5.41) is 16.7. The standard InChI is InChI=1S/C28H34FN5/c1-19(2)8-7-9-20(3)27(21-10-12-22(29)13-11-21)33(5)15-14-32(4)25-18-34(6)28-24(26(25)28)16-23(31)17-30/h7-13,18,24,27,31H,1,14-16H2,2-6H3/b8-7-,20-9+,31-23?. The van der Waals surface area contributed by atoms with E-state index in [-0.39, 0.29) is 23.5 Å². The molecule has 0 spiro atoms. The van der Waals surface area contributed by atoms with Gasteiger partial charge in [-0.2, -0.15) is 5.26 Å². The average molecular weight is 460 g/mol. The van der Waals surface area contributed by atoms with Crippen LogP contribution in [0.4, 0.5) is 10.1 Å². The van der Waals surface area contributed by atoms with Gasteiger partial charge in [0, 0.05) is 57.0 Å². The second-order valence-corrected chi connectivity index (χ2v) is 9.24. The van der Waals surface area contributed by atoms with E-state index < -0.39 is 0 Å². The van der Waals surface area contributed by atoms with Crippen LogP contribution in [0.2, 0.25) is 0 Å². The van der Waals surface area contributed by atoms with Gasteiger partial charge in [0.05, 0.1) is 11.7 Å². The molecule has 0 amide bonds. The molecule has 3 rings (SSSR count). The van der Waals surface area contributed by atoms with Crippen LogP contribution >= 0.6 is 0 Å². The Hall–Kier alpha value is -3.43. The van der Waals surface area contributed by atoms with E-state index >= 15 is 0 Å². The summed E-state index contributed by atoms with van der Waals surface area (Å²) in [5.74, 6) is -0.0480. The normalized spacial score (nSPS) is 15.8. The molecule has 2 atom stereocenters. The summed E-state index contributed by atoms with van der Waals surface area (Å²) in [5.41, 5.74) is 6.97. The molecule has 1 N–H and O–H groups in total. The van der Waals surface area contributed by atoms with Crippen molar-refractivity contribution in [3.8, 4) is 6.07 Å². The lowest BCUT2D eigenvalue weighted by Crippen LogP contribution is -2.34. The Kier molecular flexibility index (Phi) is 7.90. The summed E-state index contributed by atoms with van der Waals surface area (Å²) in [6.07, 6.45) is 8.68. The van der Waals surface area contributed by atoms with Crippen LogP contribution in [-0.4, -0.2) is 42.4 Å². The van der Waals surface area contributed by atoms with E-state index in [0.717, 1.165) is 35.5 Å². The summed E-state index contributed by atoms with van der Waals surface area (Å²) < 4.78 is 15.7. The smallest absolute Gasteiger partial charge is 0.123 e. The molecular formula is C28H34FN5. The number of nitrogens with one attached hydrogen (secondary N) is 1. The second kappa shape index (κ2) is 10.7. The van der Waals surface area contributed by atoms with Crippen molar-refractivity contribution in [2.75, 3.05) is 32.1 Å². The number of halogens is 1. The lowest BCUT2D eigenvalue weighted by molar-refractivity contribution is 0.281. The van der Waals surface area contributed by atoms with E-state index in [4.69, 9.17) is 10.7 Å². The first-order valence-electron chi connectivity index (χ1n) is 11.5. The number of fused-ring (bicyclic) bond motifs is 1. The number of nitrogens with zero attached hydrogens (tertiary/aromatic N) is 4. The lowest BCUT2D eigenvalue weighted by Gasteiger charge is -2.31. The summed E-state index contributed by atoms with van der Waals surface area (Å²) in [4.78, 5) is 4.53. The molecule has 1 aromatic carbocycles. The molecule has 2 aromatic rings. The number of hydrogen-bond acceptors (Lipinski definition) is 4. The molecule has 0 radical (unpaired) electrons. The summed E-state index contributed by atoms with van der Waals surface area (Å²) in [6.45, 7) is 9.58. The predicted molar refractivity (Wildman–Crippen MR) is 138 cm³/mol. The van der Waals surface area contributed by atoms with E-state index in [2.05, 4.69) is 54.2 Å². The maximum atomic E-state index is 13.6. The maximum Gasteiger partial charge on any atom is 0.123 e. The maximum absolute atomic E-state index is 13.6. The zero-order valence-corrected chi connectivity index (χ0v) is 20.8. The quantitative estimate of drug-likeness (QED) is 0.345. The minimum Gasteiger partial charge on any atom is -0.372 e. The summed E-state index contributed by atoms with van der Waals surface area (Å²) in [7, 11) is 6.20. The van der Waals surface area contributed by atoms with E-state index in [0.29, 0.717) is 6.42 Å². The molecule has 2 unspecified atom stereocenters. The molecule has 178 valence electrons. The first-order chi connectivity index (χ1) is 16.1. The van der Waals surface area contributed by atoms with E-state index in [1.807, 2.05) is 44.3 Å². The van der Waals surface area contributed by atoms with Gasteiger partial charge >= 0.3 is 0 Å². The molecule has 1 aromatic heterocycles. The average Bonchev–Trinajstić information content (AvgIpc) is 3.37. The number of nitriles is 1. The van der Waals surface area contributed by atoms with Gasteiger partial charge < -0.3 is 9.47 Å². The number of allylic oxidation sites excluding steroid dienone is 4. The molecule has 1 aliphatic rings. The summed E-state index contributed by atoms with van der Waals surface area (Å²) >= 11 is 0. The minimum absolute atomic E-state index is 0.0172. The zero-order valence-electron chi connectivity index (χ0n) is 20.8. The SMILES string of the molecule is C=C(C)/C=C\C=C(/C)C(c1ccc(F)cc1)N(C)CCN(C)c1cn(C)c2c1C2CC(=N)C#N. The third kappa shape index (κ3) is 5.73. The van der Waals surface area contributed by atoms with Crippen LogP contribution in [0.5, 0.6) is 0 Å². The van der Waals surface area contributed by atoms with E-state index in [9.17, 15) is 4.39 Å². The molecular weight excluding hydrogens is 425 g/mol. The predicted octanol–water partition coefficient (Wildman–Crippen LogP) is 5.73. The topological polar surface area (TPSA) is 59.1 Å². The molecule has 1 aliphatic carbocycles. The van der Waals surface area contributed by atoms with Gasteiger partial charge in [-0.3, -0.25) is 10.3 Å². The molecule has 6 heteroatoms. The van der Waals surface area contributed by atoms with Crippen LogP contribution in [0.1, 0.15) is 49.0 Å². The number of aryl methyl sites for hydroxylation is 1. The lowest BCUT2D eigenvalue weighted by atomic mass is 9.97. The van der Waals surface area contributed by atoms with E-state index in [1.54, 1.807) is 0 Å². The largest absolute Gasteiger partial charge is 0.372 e. The van der Waals surface area contributed by atoms with Crippen LogP contribution in [0, 0.1) is 22.6 Å². The third-order valence-electron chi connectivity index (χ3n) is 6.38. The Morgan fingerprint density at radius 3 is 2.56 bits per heavy atom. The van der Waals surface area contributed by atoms with Gasteiger partial charge in [0.15, 0.2) is 0 Å². The number of anilines is 1. The van der Waals surface area contributed by atoms with Crippen LogP contribution in [-0.2, 0) is 7.05 Å². The second-order valence-electron chi connectivity index (χ2n) is 9.24. The van der Waals surface area contributed by atoms with Crippen molar-refractivity contribution in [3.63, 3.8) is 0 Å². The minimum atomic E-state index is -0.237. The number of likely N-dealkylation sites (N-methyl/N-ethyl adjacent to an activating group) is 2. The van der Waals surface area contributed by atoms with Crippen molar-refractivity contribution in [1.82, 2.24) is 9.47 Å². The van der Waals surface area contributed by atoms with Crippen molar-refractivity contribution in [2.45, 2.75) is 32.2 Å². The number of aromatic nitrogens is 1. The monoisotopic (exact) mass is 459 g/mol.